The van der Waals surface area contributed by atoms with Gasteiger partial charge in [0, 0.05) is 12.2 Å². The number of aliphatic carboxylic acids is 2. The van der Waals surface area contributed by atoms with Crippen molar-refractivity contribution in [1.29, 1.82) is 0 Å². The maximum Gasteiger partial charge on any atom is 2.00 e. The zero-order valence-corrected chi connectivity index (χ0v) is 11.0. The van der Waals surface area contributed by atoms with Gasteiger partial charge < -0.3 is 29.3 Å². The minimum absolute atomic E-state index is 0. The van der Waals surface area contributed by atoms with Crippen molar-refractivity contribution in [2.24, 2.45) is 0 Å². The van der Waals surface area contributed by atoms with Crippen molar-refractivity contribution in [1.82, 2.24) is 0 Å². The van der Waals surface area contributed by atoms with Crippen LogP contribution in [0.15, 0.2) is 24.3 Å². The number of carbonyl (C=O) groups excluding carboxylic acids is 4. The van der Waals surface area contributed by atoms with Crippen molar-refractivity contribution in [2.75, 3.05) is 14.2 Å². The van der Waals surface area contributed by atoms with Gasteiger partial charge in [-0.15, -0.1) is 0 Å². The first-order valence-electron chi connectivity index (χ1n) is 4.27. The zero-order valence-electron chi connectivity index (χ0n) is 9.93. The summed E-state index contributed by atoms with van der Waals surface area (Å²) in [5.74, 6) is -4.25. The molecule has 0 unspecified atom stereocenters. The van der Waals surface area contributed by atoms with Crippen LogP contribution in [0.4, 0.5) is 0 Å². The fourth-order valence-electron chi connectivity index (χ4n) is 0.408. The third-order valence-corrected chi connectivity index (χ3v) is 1.11. The number of methoxy groups -OCH3 is 2. The van der Waals surface area contributed by atoms with Crippen molar-refractivity contribution in [2.45, 2.75) is 0 Å². The molecule has 0 aliphatic heterocycles. The third kappa shape index (κ3) is 21.7. The van der Waals surface area contributed by atoms with Crippen LogP contribution in [0, 0.1) is 0 Å². The maximum atomic E-state index is 10.1. The molecule has 0 aliphatic rings. The summed E-state index contributed by atoms with van der Waals surface area (Å²) >= 11 is 0. The third-order valence-electron chi connectivity index (χ3n) is 1.11. The van der Waals surface area contributed by atoms with E-state index in [1.807, 2.05) is 0 Å². The average Bonchev–Trinajstić information content (AvgIpc) is 2.33. The minimum atomic E-state index is -1.42. The molecule has 0 heterocycles. The second-order valence-electron chi connectivity index (χ2n) is 2.35. The SMILES string of the molecule is COC(=O)C=CC(=O)[O-].COC(=O)C=CC(=O)[O-].[Fe+2]. The van der Waals surface area contributed by atoms with Gasteiger partial charge in [0.1, 0.15) is 0 Å². The van der Waals surface area contributed by atoms with Crippen molar-refractivity contribution in [3.63, 3.8) is 0 Å². The molecule has 0 fully saturated rings. The average molecular weight is 314 g/mol. The molecule has 0 aromatic heterocycles. The number of carbonyl (C=O) groups is 4. The molecule has 0 aromatic carbocycles. The Balaban J connectivity index is -0.000000256. The molecule has 0 rings (SSSR count). The Morgan fingerprint density at radius 1 is 0.737 bits per heavy atom. The van der Waals surface area contributed by atoms with E-state index in [9.17, 15) is 29.4 Å². The van der Waals surface area contributed by atoms with E-state index in [0.29, 0.717) is 12.2 Å². The fraction of sp³-hybridized carbons (Fsp3) is 0.200. The van der Waals surface area contributed by atoms with Gasteiger partial charge in [0.05, 0.1) is 26.2 Å². The summed E-state index contributed by atoms with van der Waals surface area (Å²) in [6.45, 7) is 0. The molecule has 106 valence electrons. The molecule has 0 amide bonds. The van der Waals surface area contributed by atoms with Gasteiger partial charge in [0.15, 0.2) is 0 Å². The summed E-state index contributed by atoms with van der Waals surface area (Å²) in [6, 6.07) is 0. The van der Waals surface area contributed by atoms with Gasteiger partial charge in [-0.25, -0.2) is 9.59 Å². The van der Waals surface area contributed by atoms with Crippen molar-refractivity contribution in [3.05, 3.63) is 24.3 Å². The maximum absolute atomic E-state index is 10.1. The molecule has 0 atom stereocenters. The van der Waals surface area contributed by atoms with Crippen LogP contribution in [0.2, 0.25) is 0 Å². The van der Waals surface area contributed by atoms with E-state index in [-0.39, 0.29) is 17.1 Å². The van der Waals surface area contributed by atoms with Gasteiger partial charge in [-0.1, -0.05) is 0 Å². The van der Waals surface area contributed by atoms with Gasteiger partial charge >= 0.3 is 29.0 Å². The molecule has 0 aliphatic carbocycles. The Bertz CT molecular complexity index is 336. The smallest absolute Gasteiger partial charge is 0.545 e. The van der Waals surface area contributed by atoms with E-state index < -0.39 is 23.9 Å². The summed E-state index contributed by atoms with van der Waals surface area (Å²) in [6.07, 6.45) is 2.75. The molecule has 8 nitrogen and oxygen atoms in total. The molecular weight excluding hydrogens is 304 g/mol. The molecule has 9 heteroatoms. The van der Waals surface area contributed by atoms with Gasteiger partial charge in [-0.3, -0.25) is 0 Å². The van der Waals surface area contributed by atoms with E-state index in [0.717, 1.165) is 26.4 Å². The number of carboxylic acids is 2. The first kappa shape index (κ1) is 22.1. The Morgan fingerprint density at radius 3 is 1.16 bits per heavy atom. The predicted octanol–water partition coefficient (Wildman–Crippen LogP) is -3.07. The number of carboxylic acid groups (broad SMARTS) is 2. The van der Waals surface area contributed by atoms with Crippen LogP contribution >= 0.6 is 0 Å². The first-order chi connectivity index (χ1) is 8.33. The van der Waals surface area contributed by atoms with Crippen molar-refractivity contribution < 1.29 is 55.9 Å². The van der Waals surface area contributed by atoms with Crippen molar-refractivity contribution >= 4 is 23.9 Å². The molecule has 19 heavy (non-hydrogen) atoms. The summed E-state index contributed by atoms with van der Waals surface area (Å²) in [7, 11) is 2.31. The molecule has 0 bridgehead atoms. The quantitative estimate of drug-likeness (QED) is 0.303. The van der Waals surface area contributed by atoms with Gasteiger partial charge in [-0.05, 0) is 12.2 Å². The van der Waals surface area contributed by atoms with Gasteiger partial charge in [-0.2, -0.15) is 0 Å². The molecule has 0 spiro atoms. The topological polar surface area (TPSA) is 133 Å². The van der Waals surface area contributed by atoms with Gasteiger partial charge in [0.2, 0.25) is 0 Å². The number of esters is 2. The Morgan fingerprint density at radius 2 is 1.00 bits per heavy atom. The summed E-state index contributed by atoms with van der Waals surface area (Å²) in [5.41, 5.74) is 0. The predicted molar refractivity (Wildman–Crippen MR) is 52.3 cm³/mol. The molecule has 0 radical (unpaired) electrons. The fourth-order valence-corrected chi connectivity index (χ4v) is 0.408. The summed E-state index contributed by atoms with van der Waals surface area (Å²) < 4.78 is 8.17. The standard InChI is InChI=1S/2C5H6O4.Fe/c2*1-9-5(8)3-2-4(6)7;/h2*2-3H,1H3,(H,6,7);/q;;+2/p-2. The van der Waals surface area contributed by atoms with Crippen LogP contribution in [0.3, 0.4) is 0 Å². The Kier molecular flexibility index (Phi) is 16.2. The van der Waals surface area contributed by atoms with Crippen LogP contribution in [-0.4, -0.2) is 38.1 Å². The van der Waals surface area contributed by atoms with Crippen molar-refractivity contribution in [3.8, 4) is 0 Å². The minimum Gasteiger partial charge on any atom is -0.545 e. The Hall–Kier alpha value is -2.12. The van der Waals surface area contributed by atoms with E-state index in [2.05, 4.69) is 9.47 Å². The summed E-state index contributed by atoms with van der Waals surface area (Å²) in [4.78, 5) is 39.5. The van der Waals surface area contributed by atoms with E-state index in [4.69, 9.17) is 0 Å². The molecule has 0 aromatic rings. The van der Waals surface area contributed by atoms with Crippen LogP contribution in [0.25, 0.3) is 0 Å². The number of hydrogen-bond donors (Lipinski definition) is 0. The molecule has 0 N–H and O–H groups in total. The van der Waals surface area contributed by atoms with Crippen LogP contribution in [0.1, 0.15) is 0 Å². The largest absolute Gasteiger partial charge is 2.00 e. The Labute approximate surface area is 119 Å². The summed E-state index contributed by atoms with van der Waals surface area (Å²) in [5, 5.41) is 19.2. The van der Waals surface area contributed by atoms with Crippen LogP contribution < -0.4 is 10.2 Å². The van der Waals surface area contributed by atoms with E-state index in [1.165, 1.54) is 0 Å². The van der Waals surface area contributed by atoms with E-state index in [1.54, 1.807) is 0 Å². The molecule has 0 saturated heterocycles. The zero-order chi connectivity index (χ0) is 14.6. The molecular formula is C10H10FeO8. The number of ether oxygens (including phenoxy) is 2. The van der Waals surface area contributed by atoms with Gasteiger partial charge in [0.25, 0.3) is 0 Å². The second kappa shape index (κ2) is 13.9. The number of rotatable bonds is 4. The normalized spacial score (nSPS) is 8.95. The molecule has 0 saturated carbocycles. The monoisotopic (exact) mass is 314 g/mol. The number of hydrogen-bond acceptors (Lipinski definition) is 8. The first-order valence-corrected chi connectivity index (χ1v) is 4.27. The second-order valence-corrected chi connectivity index (χ2v) is 2.35. The van der Waals surface area contributed by atoms with Crippen LogP contribution in [0.5, 0.6) is 0 Å². The van der Waals surface area contributed by atoms with E-state index >= 15 is 0 Å². The van der Waals surface area contributed by atoms with Crippen LogP contribution in [-0.2, 0) is 45.7 Å².